The standard InChI is InChI=1S/C10H13ClN2O2S2/c1-2-7-12-10(16)13-17(14,15)9-5-3-8(11)4-6-9/h3-6H,2,7H2,1H3,(H2,12,13,16). The van der Waals surface area contributed by atoms with Crippen molar-refractivity contribution in [2.24, 2.45) is 0 Å². The van der Waals surface area contributed by atoms with Gasteiger partial charge in [0.15, 0.2) is 5.11 Å². The Balaban J connectivity index is 2.75. The molecule has 1 aromatic rings. The van der Waals surface area contributed by atoms with Crippen molar-refractivity contribution in [3.63, 3.8) is 0 Å². The lowest BCUT2D eigenvalue weighted by atomic mass is 10.4. The Labute approximate surface area is 111 Å². The predicted octanol–water partition coefficient (Wildman–Crippen LogP) is 1.90. The van der Waals surface area contributed by atoms with Gasteiger partial charge >= 0.3 is 0 Å². The van der Waals surface area contributed by atoms with Gasteiger partial charge in [-0.2, -0.15) is 0 Å². The number of halogens is 1. The molecule has 0 aliphatic rings. The molecule has 0 heterocycles. The van der Waals surface area contributed by atoms with Crippen LogP contribution < -0.4 is 10.0 Å². The highest BCUT2D eigenvalue weighted by Gasteiger charge is 2.14. The topological polar surface area (TPSA) is 58.2 Å². The molecule has 0 saturated carbocycles. The summed E-state index contributed by atoms with van der Waals surface area (Å²) in [5, 5.41) is 3.37. The summed E-state index contributed by atoms with van der Waals surface area (Å²) in [7, 11) is -3.62. The van der Waals surface area contributed by atoms with Crippen molar-refractivity contribution in [3.05, 3.63) is 29.3 Å². The van der Waals surface area contributed by atoms with Gasteiger partial charge in [0, 0.05) is 11.6 Å². The average molecular weight is 293 g/mol. The third kappa shape index (κ3) is 4.49. The van der Waals surface area contributed by atoms with E-state index in [1.165, 1.54) is 24.3 Å². The second kappa shape index (κ2) is 6.18. The third-order valence-corrected chi connectivity index (χ3v) is 3.88. The molecule has 1 aromatic carbocycles. The van der Waals surface area contributed by atoms with E-state index in [0.29, 0.717) is 11.6 Å². The van der Waals surface area contributed by atoms with E-state index >= 15 is 0 Å². The molecule has 0 aliphatic carbocycles. The van der Waals surface area contributed by atoms with Crippen LogP contribution in [0.1, 0.15) is 13.3 Å². The number of hydrogen-bond donors (Lipinski definition) is 2. The van der Waals surface area contributed by atoms with Crippen molar-refractivity contribution in [1.82, 2.24) is 10.0 Å². The average Bonchev–Trinajstić information content (AvgIpc) is 2.26. The normalized spacial score (nSPS) is 10.9. The quantitative estimate of drug-likeness (QED) is 0.832. The van der Waals surface area contributed by atoms with Gasteiger partial charge in [-0.25, -0.2) is 8.42 Å². The van der Waals surface area contributed by atoms with Crippen molar-refractivity contribution in [3.8, 4) is 0 Å². The molecule has 0 fully saturated rings. The summed E-state index contributed by atoms with van der Waals surface area (Å²) in [6.07, 6.45) is 0.864. The monoisotopic (exact) mass is 292 g/mol. The highest BCUT2D eigenvalue weighted by molar-refractivity contribution is 7.91. The first-order valence-corrected chi connectivity index (χ1v) is 7.29. The molecular formula is C10H13ClN2O2S2. The van der Waals surface area contributed by atoms with Gasteiger partial charge in [0.2, 0.25) is 0 Å². The second-order valence-electron chi connectivity index (χ2n) is 3.32. The molecule has 0 aromatic heterocycles. The van der Waals surface area contributed by atoms with Gasteiger partial charge in [0.1, 0.15) is 0 Å². The van der Waals surface area contributed by atoms with Crippen molar-refractivity contribution in [2.45, 2.75) is 18.2 Å². The molecule has 94 valence electrons. The molecule has 0 spiro atoms. The van der Waals surface area contributed by atoms with E-state index in [1.807, 2.05) is 6.92 Å². The molecule has 2 N–H and O–H groups in total. The van der Waals surface area contributed by atoms with Gasteiger partial charge in [-0.05, 0) is 42.9 Å². The van der Waals surface area contributed by atoms with Gasteiger partial charge in [-0.15, -0.1) is 0 Å². The number of benzene rings is 1. The molecule has 0 atom stereocenters. The van der Waals surface area contributed by atoms with Crippen LogP contribution in [0.25, 0.3) is 0 Å². The van der Waals surface area contributed by atoms with Crippen LogP contribution in [0.4, 0.5) is 0 Å². The minimum absolute atomic E-state index is 0.0989. The lowest BCUT2D eigenvalue weighted by Crippen LogP contribution is -2.39. The zero-order chi connectivity index (χ0) is 12.9. The summed E-state index contributed by atoms with van der Waals surface area (Å²) in [5.41, 5.74) is 0. The molecular weight excluding hydrogens is 280 g/mol. The van der Waals surface area contributed by atoms with Gasteiger partial charge in [-0.1, -0.05) is 18.5 Å². The smallest absolute Gasteiger partial charge is 0.263 e. The minimum Gasteiger partial charge on any atom is -0.362 e. The van der Waals surface area contributed by atoms with Crippen molar-refractivity contribution < 1.29 is 8.42 Å². The molecule has 1 rings (SSSR count). The number of nitrogens with one attached hydrogen (secondary N) is 2. The molecule has 17 heavy (non-hydrogen) atoms. The molecule has 4 nitrogen and oxygen atoms in total. The fraction of sp³-hybridized carbons (Fsp3) is 0.300. The van der Waals surface area contributed by atoms with E-state index in [0.717, 1.165) is 6.42 Å². The van der Waals surface area contributed by atoms with Gasteiger partial charge in [0.05, 0.1) is 4.90 Å². The minimum atomic E-state index is -3.62. The maximum Gasteiger partial charge on any atom is 0.263 e. The Bertz CT molecular complexity index is 486. The number of hydrogen-bond acceptors (Lipinski definition) is 3. The summed E-state index contributed by atoms with van der Waals surface area (Å²) in [5.74, 6) is 0. The predicted molar refractivity (Wildman–Crippen MR) is 72.7 cm³/mol. The van der Waals surface area contributed by atoms with E-state index in [9.17, 15) is 8.42 Å². The summed E-state index contributed by atoms with van der Waals surface area (Å²) in [4.78, 5) is 0.127. The van der Waals surface area contributed by atoms with Crippen LogP contribution in [0.15, 0.2) is 29.2 Å². The molecule has 0 unspecified atom stereocenters. The number of rotatable bonds is 4. The second-order valence-corrected chi connectivity index (χ2v) is 5.84. The Kier molecular flexibility index (Phi) is 5.17. The fourth-order valence-electron chi connectivity index (χ4n) is 1.07. The van der Waals surface area contributed by atoms with Gasteiger partial charge in [-0.3, -0.25) is 4.72 Å². The first-order chi connectivity index (χ1) is 7.95. The van der Waals surface area contributed by atoms with Crippen LogP contribution in [0.3, 0.4) is 0 Å². The highest BCUT2D eigenvalue weighted by atomic mass is 35.5. The Morgan fingerprint density at radius 2 is 1.94 bits per heavy atom. The Morgan fingerprint density at radius 1 is 1.35 bits per heavy atom. The summed E-state index contributed by atoms with van der Waals surface area (Å²) < 4.78 is 25.9. The fourth-order valence-corrected chi connectivity index (χ4v) is 2.55. The molecule has 0 saturated heterocycles. The molecule has 7 heteroatoms. The van der Waals surface area contributed by atoms with Crippen LogP contribution in [-0.4, -0.2) is 20.1 Å². The van der Waals surface area contributed by atoms with Crippen molar-refractivity contribution in [2.75, 3.05) is 6.54 Å². The van der Waals surface area contributed by atoms with E-state index in [4.69, 9.17) is 23.8 Å². The maximum absolute atomic E-state index is 11.8. The zero-order valence-electron chi connectivity index (χ0n) is 9.23. The Hall–Kier alpha value is -0.850. The SMILES string of the molecule is CCCNC(=S)NS(=O)(=O)c1ccc(Cl)cc1. The molecule has 0 amide bonds. The largest absolute Gasteiger partial charge is 0.362 e. The van der Waals surface area contributed by atoms with Crippen LogP contribution in [0.5, 0.6) is 0 Å². The third-order valence-electron chi connectivity index (χ3n) is 1.89. The first-order valence-electron chi connectivity index (χ1n) is 5.02. The number of sulfonamides is 1. The first kappa shape index (κ1) is 14.2. The van der Waals surface area contributed by atoms with E-state index in [1.54, 1.807) is 0 Å². The Morgan fingerprint density at radius 3 is 2.47 bits per heavy atom. The summed E-state index contributed by atoms with van der Waals surface area (Å²) >= 11 is 10.5. The number of thiocarbonyl (C=S) groups is 1. The van der Waals surface area contributed by atoms with Gasteiger partial charge in [0.25, 0.3) is 10.0 Å². The van der Waals surface area contributed by atoms with Crippen LogP contribution >= 0.6 is 23.8 Å². The lowest BCUT2D eigenvalue weighted by Gasteiger charge is -2.10. The lowest BCUT2D eigenvalue weighted by molar-refractivity contribution is 0.592. The van der Waals surface area contributed by atoms with Gasteiger partial charge < -0.3 is 5.32 Å². The van der Waals surface area contributed by atoms with Crippen LogP contribution in [-0.2, 0) is 10.0 Å². The van der Waals surface area contributed by atoms with E-state index in [-0.39, 0.29) is 10.0 Å². The highest BCUT2D eigenvalue weighted by Crippen LogP contribution is 2.13. The molecule has 0 bridgehead atoms. The van der Waals surface area contributed by atoms with Crippen molar-refractivity contribution in [1.29, 1.82) is 0 Å². The molecule has 0 radical (unpaired) electrons. The zero-order valence-corrected chi connectivity index (χ0v) is 11.6. The van der Waals surface area contributed by atoms with E-state index < -0.39 is 10.0 Å². The van der Waals surface area contributed by atoms with Crippen LogP contribution in [0.2, 0.25) is 5.02 Å². The summed E-state index contributed by atoms with van der Waals surface area (Å²) in [6, 6.07) is 5.87. The summed E-state index contributed by atoms with van der Waals surface area (Å²) in [6.45, 7) is 2.59. The van der Waals surface area contributed by atoms with Crippen LogP contribution in [0, 0.1) is 0 Å². The van der Waals surface area contributed by atoms with Crippen molar-refractivity contribution >= 4 is 39.0 Å². The van der Waals surface area contributed by atoms with E-state index in [2.05, 4.69) is 10.0 Å². The molecule has 0 aliphatic heterocycles. The maximum atomic E-state index is 11.8.